The summed E-state index contributed by atoms with van der Waals surface area (Å²) >= 11 is 22.4. The highest BCUT2D eigenvalue weighted by molar-refractivity contribution is 7.84. The van der Waals surface area contributed by atoms with Gasteiger partial charge < -0.3 is 5.73 Å². The summed E-state index contributed by atoms with van der Waals surface area (Å²) in [5.74, 6) is -2.29. The van der Waals surface area contributed by atoms with Crippen LogP contribution in [0.15, 0.2) is 42.5 Å². The maximum Gasteiger partial charge on any atom is 0.336 e. The lowest BCUT2D eigenvalue weighted by atomic mass is 9.82. The summed E-state index contributed by atoms with van der Waals surface area (Å²) < 4.78 is 57.1. The lowest BCUT2D eigenvalue weighted by molar-refractivity contribution is 0.282. The van der Waals surface area contributed by atoms with E-state index in [1.165, 1.54) is 13.0 Å². The zero-order valence-electron chi connectivity index (χ0n) is 14.8. The Labute approximate surface area is 187 Å². The molecule has 2 rings (SSSR count). The van der Waals surface area contributed by atoms with E-state index in [9.17, 15) is 17.2 Å². The molecule has 2 aromatic carbocycles. The van der Waals surface area contributed by atoms with Gasteiger partial charge in [0, 0.05) is 5.02 Å². The van der Waals surface area contributed by atoms with E-state index in [4.69, 9.17) is 56.3 Å². The lowest BCUT2D eigenvalue weighted by Gasteiger charge is -2.36. The van der Waals surface area contributed by atoms with Crippen molar-refractivity contribution < 1.29 is 21.4 Å². The van der Waals surface area contributed by atoms with Crippen LogP contribution in [0.4, 0.5) is 8.78 Å². The van der Waals surface area contributed by atoms with Gasteiger partial charge in [-0.3, -0.25) is 4.18 Å². The molecule has 29 heavy (non-hydrogen) atoms. The molecular weight excluding hydrogens is 492 g/mol. The molecule has 0 aromatic heterocycles. The first kappa shape index (κ1) is 24.6. The zero-order valence-corrected chi connectivity index (χ0v) is 18.6. The number of benzene rings is 2. The molecule has 0 aliphatic heterocycles. The average Bonchev–Trinajstić information content (AvgIpc) is 2.61. The number of halogens is 6. The number of rotatable bonds is 7. The zero-order chi connectivity index (χ0) is 22.0. The van der Waals surface area contributed by atoms with Gasteiger partial charge in [0.25, 0.3) is 0 Å². The summed E-state index contributed by atoms with van der Waals surface area (Å²) in [6.45, 7) is 0.603. The van der Waals surface area contributed by atoms with Gasteiger partial charge in [0.05, 0.1) is 11.6 Å². The molecule has 12 heteroatoms. The largest absolute Gasteiger partial charge is 0.336 e. The molecule has 0 fully saturated rings. The smallest absolute Gasteiger partial charge is 0.322 e. The number of alkyl halides is 3. The predicted molar refractivity (Wildman–Crippen MR) is 110 cm³/mol. The van der Waals surface area contributed by atoms with Crippen LogP contribution in [0.2, 0.25) is 5.02 Å². The van der Waals surface area contributed by atoms with Crippen molar-refractivity contribution in [2.45, 2.75) is 22.3 Å². The van der Waals surface area contributed by atoms with Crippen molar-refractivity contribution >= 4 is 56.7 Å². The average molecular weight is 508 g/mol. The summed E-state index contributed by atoms with van der Waals surface area (Å²) in [7, 11) is -4.53. The summed E-state index contributed by atoms with van der Waals surface area (Å²) in [4.78, 5) is 0. The van der Waals surface area contributed by atoms with E-state index in [2.05, 4.69) is 4.72 Å². The highest BCUT2D eigenvalue weighted by Gasteiger charge is 2.40. The molecule has 2 atom stereocenters. The SMILES string of the molecule is C[C@](NS(=O)(=O)OCC(Cl)(Cl)Cl)(c1ccc(F)c(F)c1)[C@@H](N)c1ccc(Cl)cc1. The highest BCUT2D eigenvalue weighted by Crippen LogP contribution is 2.36. The Hall–Kier alpha value is -0.710. The quantitative estimate of drug-likeness (QED) is 0.529. The normalized spacial score (nSPS) is 15.7. The van der Waals surface area contributed by atoms with E-state index in [1.54, 1.807) is 24.3 Å². The minimum Gasteiger partial charge on any atom is -0.322 e. The highest BCUT2D eigenvalue weighted by atomic mass is 35.6. The molecule has 0 heterocycles. The van der Waals surface area contributed by atoms with Crippen molar-refractivity contribution in [2.24, 2.45) is 5.73 Å². The van der Waals surface area contributed by atoms with Crippen LogP contribution >= 0.6 is 46.4 Å². The van der Waals surface area contributed by atoms with Gasteiger partial charge in [0.1, 0.15) is 6.61 Å². The molecule has 0 aliphatic carbocycles. The van der Waals surface area contributed by atoms with E-state index in [0.717, 1.165) is 12.1 Å². The van der Waals surface area contributed by atoms with E-state index >= 15 is 0 Å². The molecule has 5 nitrogen and oxygen atoms in total. The molecule has 0 spiro atoms. The summed E-state index contributed by atoms with van der Waals surface area (Å²) in [6.07, 6.45) is 0. The molecule has 0 saturated carbocycles. The van der Waals surface area contributed by atoms with Crippen molar-refractivity contribution in [1.29, 1.82) is 0 Å². The monoisotopic (exact) mass is 506 g/mol. The Morgan fingerprint density at radius 1 is 1.10 bits per heavy atom. The summed E-state index contributed by atoms with van der Waals surface area (Å²) in [5, 5.41) is 0.432. The molecule has 0 saturated heterocycles. The van der Waals surface area contributed by atoms with Gasteiger partial charge in [-0.2, -0.15) is 13.1 Å². The van der Waals surface area contributed by atoms with Crippen LogP contribution < -0.4 is 10.5 Å². The minimum absolute atomic E-state index is 0.0416. The molecule has 0 unspecified atom stereocenters. The third-order valence-electron chi connectivity index (χ3n) is 4.09. The molecule has 160 valence electrons. The Balaban J connectivity index is 2.49. The number of hydrogen-bond donors (Lipinski definition) is 2. The predicted octanol–water partition coefficient (Wildman–Crippen LogP) is 4.75. The van der Waals surface area contributed by atoms with Gasteiger partial charge in [-0.1, -0.05) is 64.6 Å². The van der Waals surface area contributed by atoms with Crippen molar-refractivity contribution in [2.75, 3.05) is 6.61 Å². The Bertz CT molecular complexity index is 972. The van der Waals surface area contributed by atoms with Crippen LogP contribution in [0.3, 0.4) is 0 Å². The fraction of sp³-hybridized carbons (Fsp3) is 0.294. The summed E-state index contributed by atoms with van der Waals surface area (Å²) in [6, 6.07) is 8.08. The van der Waals surface area contributed by atoms with Crippen LogP contribution in [0, 0.1) is 11.6 Å². The maximum atomic E-state index is 13.9. The number of nitrogens with two attached hydrogens (primary N) is 1. The second-order valence-electron chi connectivity index (χ2n) is 6.29. The molecule has 0 radical (unpaired) electrons. The van der Waals surface area contributed by atoms with E-state index in [1.807, 2.05) is 0 Å². The first-order valence-electron chi connectivity index (χ1n) is 7.95. The minimum atomic E-state index is -4.53. The Morgan fingerprint density at radius 2 is 1.69 bits per heavy atom. The fourth-order valence-corrected chi connectivity index (χ4v) is 4.20. The van der Waals surface area contributed by atoms with E-state index in [0.29, 0.717) is 10.6 Å². The van der Waals surface area contributed by atoms with Crippen LogP contribution in [0.1, 0.15) is 24.1 Å². The standard InChI is InChI=1S/C17H16Cl4F2N2O3S/c1-16(11-4-7-13(22)14(23)8-11,15(24)10-2-5-12(18)6-3-10)25-29(26,27)28-9-17(19,20)21/h2-8,15,25H,9,24H2,1H3/t15-,16-/m0/s1. The van der Waals surface area contributed by atoms with Crippen molar-refractivity contribution in [3.05, 3.63) is 70.2 Å². The fourth-order valence-electron chi connectivity index (χ4n) is 2.56. The second kappa shape index (κ2) is 9.20. The van der Waals surface area contributed by atoms with Gasteiger partial charge in [0.15, 0.2) is 11.6 Å². The van der Waals surface area contributed by atoms with Gasteiger partial charge in [-0.15, -0.1) is 0 Å². The molecular formula is C17H16Cl4F2N2O3S. The van der Waals surface area contributed by atoms with Crippen LogP contribution in [0.25, 0.3) is 0 Å². The third kappa shape index (κ3) is 6.63. The van der Waals surface area contributed by atoms with Crippen LogP contribution in [0.5, 0.6) is 0 Å². The van der Waals surface area contributed by atoms with Crippen LogP contribution in [-0.4, -0.2) is 18.8 Å². The van der Waals surface area contributed by atoms with Gasteiger partial charge in [-0.25, -0.2) is 8.78 Å². The first-order valence-corrected chi connectivity index (χ1v) is 10.9. The van der Waals surface area contributed by atoms with Gasteiger partial charge in [-0.05, 0) is 42.3 Å². The van der Waals surface area contributed by atoms with Crippen molar-refractivity contribution in [1.82, 2.24) is 4.72 Å². The van der Waals surface area contributed by atoms with Crippen molar-refractivity contribution in [3.63, 3.8) is 0 Å². The molecule has 0 aliphatic rings. The third-order valence-corrected chi connectivity index (χ3v) is 5.77. The molecule has 3 N–H and O–H groups in total. The summed E-state index contributed by atoms with van der Waals surface area (Å²) in [5.41, 5.74) is 5.15. The lowest BCUT2D eigenvalue weighted by Crippen LogP contribution is -2.51. The van der Waals surface area contributed by atoms with E-state index < -0.39 is 43.9 Å². The van der Waals surface area contributed by atoms with E-state index in [-0.39, 0.29) is 5.56 Å². The molecule has 2 aromatic rings. The van der Waals surface area contributed by atoms with Gasteiger partial charge in [0.2, 0.25) is 3.79 Å². The van der Waals surface area contributed by atoms with Crippen LogP contribution in [-0.2, 0) is 20.0 Å². The second-order valence-corrected chi connectivity index (χ2v) is 10.6. The molecule has 0 bridgehead atoms. The Kier molecular flexibility index (Phi) is 7.79. The molecule has 0 amide bonds. The number of nitrogens with one attached hydrogen (secondary N) is 1. The first-order chi connectivity index (χ1) is 13.2. The topological polar surface area (TPSA) is 81.4 Å². The van der Waals surface area contributed by atoms with Gasteiger partial charge >= 0.3 is 10.3 Å². The maximum absolute atomic E-state index is 13.9. The van der Waals surface area contributed by atoms with Crippen molar-refractivity contribution in [3.8, 4) is 0 Å². The Morgan fingerprint density at radius 3 is 2.21 bits per heavy atom. The number of hydrogen-bond acceptors (Lipinski definition) is 4.